The minimum Gasteiger partial charge on any atom is -1.00 e. The maximum Gasteiger partial charge on any atom is -1.00 e. The third kappa shape index (κ3) is 5.35. The quantitative estimate of drug-likeness (QED) is 0.324. The molecule has 2 aliphatic carbocycles. The fourth-order valence-corrected chi connectivity index (χ4v) is 14.9. The van der Waals surface area contributed by atoms with E-state index in [4.69, 9.17) is 0 Å². The number of fused-ring (bicyclic) bond motifs is 3. The number of allylic oxidation sites excluding steroid dienone is 4. The van der Waals surface area contributed by atoms with Crippen molar-refractivity contribution in [2.24, 2.45) is 0 Å². The van der Waals surface area contributed by atoms with Gasteiger partial charge >= 0.3 is 211 Å². The van der Waals surface area contributed by atoms with Gasteiger partial charge in [0.15, 0.2) is 0 Å². The largest absolute Gasteiger partial charge is 1.00 e. The fourth-order valence-electron chi connectivity index (χ4n) is 5.67. The van der Waals surface area contributed by atoms with E-state index in [2.05, 4.69) is 127 Å². The maximum absolute atomic E-state index is 2.47. The van der Waals surface area contributed by atoms with Crippen LogP contribution >= 0.6 is 0 Å². The van der Waals surface area contributed by atoms with Gasteiger partial charge in [-0.2, -0.15) is 0 Å². The summed E-state index contributed by atoms with van der Waals surface area (Å²) in [6, 6.07) is 40.6. The molecule has 0 heterocycles. The zero-order valence-corrected chi connectivity index (χ0v) is 24.0. The number of hydrogen-bond acceptors (Lipinski definition) is 0. The van der Waals surface area contributed by atoms with E-state index in [-0.39, 0.29) is 24.8 Å². The van der Waals surface area contributed by atoms with Gasteiger partial charge in [-0.1, -0.05) is 0 Å². The van der Waals surface area contributed by atoms with Crippen LogP contribution in [-0.4, -0.2) is 3.21 Å². The third-order valence-electron chi connectivity index (χ3n) is 7.14. The van der Waals surface area contributed by atoms with Gasteiger partial charge < -0.3 is 24.8 Å². The molecule has 2 aliphatic rings. The Morgan fingerprint density at radius 1 is 0.611 bits per heavy atom. The molecule has 0 saturated carbocycles. The maximum atomic E-state index is 2.47. The molecule has 0 N–H and O–H groups in total. The molecule has 6 rings (SSSR count). The minimum absolute atomic E-state index is 0. The molecular weight excluding hydrogens is 558 g/mol. The second kappa shape index (κ2) is 12.3. The summed E-state index contributed by atoms with van der Waals surface area (Å²) in [5, 5.41) is 0. The predicted molar refractivity (Wildman–Crippen MR) is 141 cm³/mol. The van der Waals surface area contributed by atoms with Gasteiger partial charge in [-0.15, -0.1) is 0 Å². The molecule has 0 fully saturated rings. The first-order chi connectivity index (χ1) is 16.9. The summed E-state index contributed by atoms with van der Waals surface area (Å²) in [5.41, 5.74) is 8.91. The van der Waals surface area contributed by atoms with Crippen molar-refractivity contribution in [3.63, 3.8) is 0 Å². The molecule has 36 heavy (non-hydrogen) atoms. The monoisotopic (exact) mass is 584 g/mol. The second-order valence-corrected chi connectivity index (χ2v) is 16.0. The topological polar surface area (TPSA) is 0 Å². The minimum atomic E-state index is -2.35. The molecule has 0 spiro atoms. The van der Waals surface area contributed by atoms with Gasteiger partial charge in [0.1, 0.15) is 0 Å². The molecule has 0 saturated heterocycles. The van der Waals surface area contributed by atoms with Gasteiger partial charge in [0.2, 0.25) is 0 Å². The number of benzene rings is 4. The van der Waals surface area contributed by atoms with Crippen LogP contribution in [0.5, 0.6) is 0 Å². The molecule has 3 heteroatoms. The molecule has 4 aromatic carbocycles. The summed E-state index contributed by atoms with van der Waals surface area (Å²) in [7, 11) is 0. The second-order valence-electron chi connectivity index (χ2n) is 9.27. The molecule has 4 aromatic rings. The Bertz CT molecular complexity index is 1330. The van der Waals surface area contributed by atoms with Gasteiger partial charge in [-0.05, 0) is 0 Å². The molecule has 0 aliphatic heterocycles. The van der Waals surface area contributed by atoms with Crippen LogP contribution in [0.2, 0.25) is 0 Å². The zero-order valence-electron chi connectivity index (χ0n) is 20.1. The standard InChI is InChI=1S/C15H14.C13H9.C5H5.2ClH.Zr/c1-3-8-14(9-4-1)12-7-13-15-10-5-2-6-11-15;1-3-7-12-10(5-1)9-11-6-2-4-8-13(11)12;1-2-4-5-3-1;;;/h1-6,8-11H,12-13H2;1-9H;1-3H,4H2;2*1H;/q;;;;;+2/p-2. The van der Waals surface area contributed by atoms with Crippen molar-refractivity contribution >= 4 is 3.21 Å². The summed E-state index contributed by atoms with van der Waals surface area (Å²) >= 11 is -2.35. The first-order valence-electron chi connectivity index (χ1n) is 12.2. The molecule has 0 nitrogen and oxygen atoms in total. The van der Waals surface area contributed by atoms with Gasteiger partial charge in [-0.25, -0.2) is 0 Å². The van der Waals surface area contributed by atoms with Crippen LogP contribution in [0.15, 0.2) is 131 Å². The van der Waals surface area contributed by atoms with E-state index in [1.54, 1.807) is 17.6 Å². The fraction of sp³-hybridized carbons (Fsp3) is 0.121. The van der Waals surface area contributed by atoms with Crippen molar-refractivity contribution in [3.8, 4) is 11.1 Å². The summed E-state index contributed by atoms with van der Waals surface area (Å²) in [4.78, 5) is 0. The molecule has 0 amide bonds. The normalized spacial score (nSPS) is 12.9. The first-order valence-corrected chi connectivity index (χ1v) is 16.1. The number of hydrogen-bond donors (Lipinski definition) is 0. The number of rotatable bonds is 6. The Balaban J connectivity index is 0.00000152. The van der Waals surface area contributed by atoms with Crippen molar-refractivity contribution in [2.45, 2.75) is 22.9 Å². The van der Waals surface area contributed by atoms with Crippen molar-refractivity contribution in [2.75, 3.05) is 0 Å². The van der Waals surface area contributed by atoms with Crippen LogP contribution in [0, 0.1) is 0 Å². The third-order valence-corrected chi connectivity index (χ3v) is 15.4. The molecule has 178 valence electrons. The number of halogens is 2. The van der Waals surface area contributed by atoms with E-state index < -0.39 is 21.3 Å². The predicted octanol–water partition coefficient (Wildman–Crippen LogP) is 1.88. The van der Waals surface area contributed by atoms with Crippen LogP contribution in [0.1, 0.15) is 32.3 Å². The van der Waals surface area contributed by atoms with E-state index in [0.717, 1.165) is 19.3 Å². The van der Waals surface area contributed by atoms with Crippen LogP contribution in [0.4, 0.5) is 0 Å². The molecule has 0 bridgehead atoms. The van der Waals surface area contributed by atoms with Crippen molar-refractivity contribution in [1.29, 1.82) is 0 Å². The average Bonchev–Trinajstić information content (AvgIpc) is 3.53. The molecule has 0 atom stereocenters. The van der Waals surface area contributed by atoms with E-state index in [1.165, 1.54) is 22.3 Å². The summed E-state index contributed by atoms with van der Waals surface area (Å²) in [6.45, 7) is 0. The van der Waals surface area contributed by atoms with E-state index >= 15 is 0 Å². The average molecular weight is 587 g/mol. The Morgan fingerprint density at radius 2 is 1.08 bits per heavy atom. The Kier molecular flexibility index (Phi) is 9.13. The summed E-state index contributed by atoms with van der Waals surface area (Å²) in [6.07, 6.45) is 10.4. The van der Waals surface area contributed by atoms with Gasteiger partial charge in [0.05, 0.1) is 0 Å². The molecule has 0 radical (unpaired) electrons. The van der Waals surface area contributed by atoms with Crippen molar-refractivity contribution in [1.82, 2.24) is 0 Å². The summed E-state index contributed by atoms with van der Waals surface area (Å²) in [5.74, 6) is 0. The Labute approximate surface area is 234 Å². The molecular formula is C33H28Cl2Zr. The van der Waals surface area contributed by atoms with Gasteiger partial charge in [0.25, 0.3) is 0 Å². The van der Waals surface area contributed by atoms with E-state index in [9.17, 15) is 0 Å². The van der Waals surface area contributed by atoms with Crippen molar-refractivity contribution < 1.29 is 46.1 Å². The van der Waals surface area contributed by atoms with Gasteiger partial charge in [0, 0.05) is 0 Å². The van der Waals surface area contributed by atoms with Crippen LogP contribution in [0.25, 0.3) is 11.1 Å². The van der Waals surface area contributed by atoms with Gasteiger partial charge in [-0.3, -0.25) is 0 Å². The smallest absolute Gasteiger partial charge is 1.00 e. The Morgan fingerprint density at radius 3 is 1.56 bits per heavy atom. The Hall–Kier alpha value is -2.31. The van der Waals surface area contributed by atoms with Crippen molar-refractivity contribution in [3.05, 3.63) is 153 Å². The molecule has 0 unspecified atom stereocenters. The SMILES string of the molecule is C1=CC[C]([Zr+2](=[C](Cc2ccccc2)Cc2ccccc2)[CH]2c3ccccc3-c3ccccc32)=C1.[Cl-].[Cl-]. The first kappa shape index (κ1) is 26.7. The zero-order chi connectivity index (χ0) is 22.7. The van der Waals surface area contributed by atoms with Crippen LogP contribution in [-0.2, 0) is 34.1 Å². The van der Waals surface area contributed by atoms with E-state index in [0.29, 0.717) is 3.63 Å². The summed E-state index contributed by atoms with van der Waals surface area (Å²) < 4.78 is 4.08. The van der Waals surface area contributed by atoms with Crippen LogP contribution in [0.3, 0.4) is 0 Å². The van der Waals surface area contributed by atoms with E-state index in [1.807, 2.05) is 0 Å². The van der Waals surface area contributed by atoms with Crippen LogP contribution < -0.4 is 24.8 Å². The molecule has 0 aromatic heterocycles.